The molecule has 1 aromatic rings. The minimum Gasteiger partial charge on any atom is -0.283 e. The molecule has 0 unspecified atom stereocenters. The van der Waals surface area contributed by atoms with Crippen molar-refractivity contribution in [3.8, 4) is 0 Å². The number of benzene rings is 1. The zero-order chi connectivity index (χ0) is 10.1. The van der Waals surface area contributed by atoms with Gasteiger partial charge in [0, 0.05) is 0 Å². The predicted octanol–water partition coefficient (Wildman–Crippen LogP) is 1.96. The van der Waals surface area contributed by atoms with Gasteiger partial charge < -0.3 is 0 Å². The second-order valence-electron chi connectivity index (χ2n) is 2.48. The normalized spacial score (nSPS) is 11.3. The average molecular weight is 268 g/mol. The van der Waals surface area contributed by atoms with E-state index in [1.807, 2.05) is 0 Å². The van der Waals surface area contributed by atoms with Gasteiger partial charge in [0.1, 0.15) is 5.82 Å². The molecule has 0 fully saturated rings. The summed E-state index contributed by atoms with van der Waals surface area (Å²) in [5.74, 6) is -0.506. The third kappa shape index (κ3) is 2.96. The highest BCUT2D eigenvalue weighted by Gasteiger charge is 2.08. The second kappa shape index (κ2) is 3.63. The zero-order valence-electron chi connectivity index (χ0n) is 6.71. The molecular weight excluding hydrogens is 261 g/mol. The Morgan fingerprint density at radius 2 is 2.08 bits per heavy atom. The van der Waals surface area contributed by atoms with Gasteiger partial charge in [0.15, 0.2) is 0 Å². The average Bonchev–Trinajstić information content (AvgIpc) is 1.96. The minimum absolute atomic E-state index is 0.112. The molecular formula is C7H7BrFNO2S. The monoisotopic (exact) mass is 267 g/mol. The molecule has 0 saturated heterocycles. The van der Waals surface area contributed by atoms with E-state index >= 15 is 0 Å². The van der Waals surface area contributed by atoms with Gasteiger partial charge in [-0.05, 0) is 28.1 Å². The van der Waals surface area contributed by atoms with Crippen LogP contribution >= 0.6 is 15.9 Å². The Labute approximate surface area is 84.1 Å². The summed E-state index contributed by atoms with van der Waals surface area (Å²) in [5.41, 5.74) is 0.197. The van der Waals surface area contributed by atoms with Crippen LogP contribution < -0.4 is 4.72 Å². The fourth-order valence-electron chi connectivity index (χ4n) is 0.782. The summed E-state index contributed by atoms with van der Waals surface area (Å²) >= 11 is 2.93. The van der Waals surface area contributed by atoms with Crippen molar-refractivity contribution in [3.05, 3.63) is 28.5 Å². The summed E-state index contributed by atoms with van der Waals surface area (Å²) < 4.78 is 36.8. The summed E-state index contributed by atoms with van der Waals surface area (Å²) in [7, 11) is -3.36. The van der Waals surface area contributed by atoms with Crippen LogP contribution in [0.1, 0.15) is 0 Å². The Morgan fingerprint density at radius 1 is 1.46 bits per heavy atom. The van der Waals surface area contributed by atoms with Gasteiger partial charge in [-0.25, -0.2) is 12.8 Å². The van der Waals surface area contributed by atoms with Crippen LogP contribution in [0.4, 0.5) is 10.1 Å². The molecule has 0 aliphatic rings. The minimum atomic E-state index is -3.36. The quantitative estimate of drug-likeness (QED) is 0.891. The van der Waals surface area contributed by atoms with Gasteiger partial charge in [-0.15, -0.1) is 0 Å². The number of nitrogens with one attached hydrogen (secondary N) is 1. The van der Waals surface area contributed by atoms with Gasteiger partial charge in [0.2, 0.25) is 10.0 Å². The first-order valence-corrected chi connectivity index (χ1v) is 6.00. The molecule has 0 bridgehead atoms. The molecule has 3 nitrogen and oxygen atoms in total. The van der Waals surface area contributed by atoms with Crippen molar-refractivity contribution in [2.75, 3.05) is 11.0 Å². The highest BCUT2D eigenvalue weighted by molar-refractivity contribution is 9.10. The predicted molar refractivity (Wildman–Crippen MR) is 52.6 cm³/mol. The van der Waals surface area contributed by atoms with E-state index in [1.54, 1.807) is 0 Å². The van der Waals surface area contributed by atoms with Gasteiger partial charge in [0.05, 0.1) is 16.4 Å². The highest BCUT2D eigenvalue weighted by Crippen LogP contribution is 2.25. The number of halogens is 2. The number of rotatable bonds is 2. The van der Waals surface area contributed by atoms with Crippen LogP contribution in [0.2, 0.25) is 0 Å². The first-order valence-electron chi connectivity index (χ1n) is 3.32. The topological polar surface area (TPSA) is 46.2 Å². The van der Waals surface area contributed by atoms with E-state index in [1.165, 1.54) is 18.2 Å². The van der Waals surface area contributed by atoms with Crippen molar-refractivity contribution >= 4 is 31.6 Å². The van der Waals surface area contributed by atoms with Crippen LogP contribution in [0.5, 0.6) is 0 Å². The Balaban J connectivity index is 3.10. The molecule has 6 heteroatoms. The van der Waals surface area contributed by atoms with Gasteiger partial charge in [-0.1, -0.05) is 6.07 Å². The standard InChI is InChI=1S/C7H7BrFNO2S/c1-13(11,12)10-6-4-2-3-5(9)7(6)8/h2-4,10H,1H3. The van der Waals surface area contributed by atoms with E-state index in [2.05, 4.69) is 20.7 Å². The third-order valence-electron chi connectivity index (χ3n) is 1.25. The van der Waals surface area contributed by atoms with Crippen molar-refractivity contribution < 1.29 is 12.8 Å². The molecule has 0 spiro atoms. The summed E-state index contributed by atoms with van der Waals surface area (Å²) in [6.07, 6.45) is 1.00. The molecule has 1 rings (SSSR count). The van der Waals surface area contributed by atoms with Crippen molar-refractivity contribution in [1.82, 2.24) is 0 Å². The molecule has 0 atom stereocenters. The summed E-state index contributed by atoms with van der Waals surface area (Å²) in [5, 5.41) is 0. The van der Waals surface area contributed by atoms with Crippen LogP contribution in [0, 0.1) is 5.82 Å². The van der Waals surface area contributed by atoms with Crippen LogP contribution in [0.25, 0.3) is 0 Å². The Morgan fingerprint density at radius 3 is 2.62 bits per heavy atom. The summed E-state index contributed by atoms with van der Waals surface area (Å²) in [6, 6.07) is 4.12. The second-order valence-corrected chi connectivity index (χ2v) is 5.02. The van der Waals surface area contributed by atoms with E-state index < -0.39 is 15.8 Å². The number of anilines is 1. The lowest BCUT2D eigenvalue weighted by Crippen LogP contribution is -2.10. The van der Waals surface area contributed by atoms with E-state index in [4.69, 9.17) is 0 Å². The third-order valence-corrected chi connectivity index (χ3v) is 2.64. The molecule has 0 heterocycles. The van der Waals surface area contributed by atoms with Crippen molar-refractivity contribution in [1.29, 1.82) is 0 Å². The Bertz CT molecular complexity index is 419. The molecule has 0 aliphatic carbocycles. The van der Waals surface area contributed by atoms with Crippen LogP contribution in [-0.4, -0.2) is 14.7 Å². The van der Waals surface area contributed by atoms with Gasteiger partial charge in [-0.3, -0.25) is 4.72 Å². The lowest BCUT2D eigenvalue weighted by molar-refractivity contribution is 0.606. The lowest BCUT2D eigenvalue weighted by Gasteiger charge is -2.05. The van der Waals surface area contributed by atoms with Crippen LogP contribution in [0.3, 0.4) is 0 Å². The first-order chi connectivity index (χ1) is 5.90. The lowest BCUT2D eigenvalue weighted by atomic mass is 10.3. The van der Waals surface area contributed by atoms with Crippen molar-refractivity contribution in [3.63, 3.8) is 0 Å². The fraction of sp³-hybridized carbons (Fsp3) is 0.143. The Hall–Kier alpha value is -0.620. The van der Waals surface area contributed by atoms with Gasteiger partial charge in [-0.2, -0.15) is 0 Å². The van der Waals surface area contributed by atoms with Crippen LogP contribution in [-0.2, 0) is 10.0 Å². The van der Waals surface area contributed by atoms with Gasteiger partial charge >= 0.3 is 0 Å². The maximum Gasteiger partial charge on any atom is 0.229 e. The largest absolute Gasteiger partial charge is 0.283 e. The van der Waals surface area contributed by atoms with E-state index in [0.717, 1.165) is 6.26 Å². The smallest absolute Gasteiger partial charge is 0.229 e. The molecule has 1 aromatic carbocycles. The molecule has 0 saturated carbocycles. The van der Waals surface area contributed by atoms with Crippen LogP contribution in [0.15, 0.2) is 22.7 Å². The fourth-order valence-corrected chi connectivity index (χ4v) is 1.85. The molecule has 0 amide bonds. The van der Waals surface area contributed by atoms with E-state index in [0.29, 0.717) is 0 Å². The molecule has 1 N–H and O–H groups in total. The molecule has 72 valence electrons. The highest BCUT2D eigenvalue weighted by atomic mass is 79.9. The maximum absolute atomic E-state index is 12.9. The zero-order valence-corrected chi connectivity index (χ0v) is 9.12. The van der Waals surface area contributed by atoms with E-state index in [9.17, 15) is 12.8 Å². The molecule has 0 aromatic heterocycles. The number of sulfonamides is 1. The first kappa shape index (κ1) is 10.5. The number of hydrogen-bond donors (Lipinski definition) is 1. The van der Waals surface area contributed by atoms with E-state index in [-0.39, 0.29) is 10.2 Å². The number of hydrogen-bond acceptors (Lipinski definition) is 2. The Kier molecular flexibility index (Phi) is 2.92. The molecule has 0 radical (unpaired) electrons. The molecule has 0 aliphatic heterocycles. The SMILES string of the molecule is CS(=O)(=O)Nc1cccc(F)c1Br. The summed E-state index contributed by atoms with van der Waals surface area (Å²) in [4.78, 5) is 0. The van der Waals surface area contributed by atoms with Crippen molar-refractivity contribution in [2.24, 2.45) is 0 Å². The van der Waals surface area contributed by atoms with Gasteiger partial charge in [0.25, 0.3) is 0 Å². The van der Waals surface area contributed by atoms with Crippen molar-refractivity contribution in [2.45, 2.75) is 0 Å². The summed E-state index contributed by atoms with van der Waals surface area (Å²) in [6.45, 7) is 0. The maximum atomic E-state index is 12.9. The molecule has 13 heavy (non-hydrogen) atoms.